The van der Waals surface area contributed by atoms with Crippen LogP contribution >= 0.6 is 0 Å². The van der Waals surface area contributed by atoms with Gasteiger partial charge < -0.3 is 10.1 Å². The largest absolute Gasteiger partial charge is 0.455 e. The molecule has 0 aromatic heterocycles. The second-order valence-electron chi connectivity index (χ2n) is 5.46. The second kappa shape index (κ2) is 6.54. The summed E-state index contributed by atoms with van der Waals surface area (Å²) in [5.74, 6) is 0.679. The zero-order chi connectivity index (χ0) is 17.1. The molecule has 0 unspecified atom stereocenters. The third-order valence-corrected chi connectivity index (χ3v) is 3.42. The summed E-state index contributed by atoms with van der Waals surface area (Å²) in [4.78, 5) is 23.8. The molecule has 24 heavy (non-hydrogen) atoms. The van der Waals surface area contributed by atoms with E-state index in [4.69, 9.17) is 4.74 Å². The third kappa shape index (κ3) is 3.27. The van der Waals surface area contributed by atoms with Crippen molar-refractivity contribution < 1.29 is 14.3 Å². The van der Waals surface area contributed by atoms with E-state index in [-0.39, 0.29) is 18.2 Å². The standard InChI is InChI=1S/C18H17N3O3/c1-12-11-17(23)21(20-12)15-9-6-10-16(18(15)19-13(2)22)24-14-7-4-3-5-8-14/h3-10H,11H2,1-2H3,(H,19,22). The number of anilines is 2. The Balaban J connectivity index is 2.04. The van der Waals surface area contributed by atoms with Crippen molar-refractivity contribution in [2.24, 2.45) is 5.10 Å². The van der Waals surface area contributed by atoms with Gasteiger partial charge in [0.05, 0.1) is 12.1 Å². The SMILES string of the molecule is CC(=O)Nc1c(Oc2ccccc2)cccc1N1N=C(C)CC1=O. The number of amides is 2. The fourth-order valence-corrected chi connectivity index (χ4v) is 2.44. The fraction of sp³-hybridized carbons (Fsp3) is 0.167. The van der Waals surface area contributed by atoms with Crippen LogP contribution in [0.2, 0.25) is 0 Å². The van der Waals surface area contributed by atoms with Gasteiger partial charge in [-0.3, -0.25) is 9.59 Å². The first-order chi connectivity index (χ1) is 11.5. The molecule has 0 bridgehead atoms. The minimum Gasteiger partial charge on any atom is -0.455 e. The lowest BCUT2D eigenvalue weighted by atomic mass is 10.2. The molecule has 0 saturated heterocycles. The van der Waals surface area contributed by atoms with E-state index in [0.717, 1.165) is 5.71 Å². The van der Waals surface area contributed by atoms with Gasteiger partial charge in [-0.05, 0) is 31.2 Å². The Bertz CT molecular complexity index is 816. The van der Waals surface area contributed by atoms with Crippen LogP contribution in [0.15, 0.2) is 53.6 Å². The van der Waals surface area contributed by atoms with Crippen molar-refractivity contribution in [2.45, 2.75) is 20.3 Å². The summed E-state index contributed by atoms with van der Waals surface area (Å²) in [6, 6.07) is 14.4. The highest BCUT2D eigenvalue weighted by atomic mass is 16.5. The maximum absolute atomic E-state index is 12.2. The third-order valence-electron chi connectivity index (χ3n) is 3.42. The molecule has 0 atom stereocenters. The van der Waals surface area contributed by atoms with Crippen LogP contribution in [-0.2, 0) is 9.59 Å². The summed E-state index contributed by atoms with van der Waals surface area (Å²) >= 11 is 0. The van der Waals surface area contributed by atoms with Gasteiger partial charge in [-0.25, -0.2) is 0 Å². The Morgan fingerprint density at radius 1 is 1.17 bits per heavy atom. The maximum Gasteiger partial charge on any atom is 0.253 e. The molecule has 6 heteroatoms. The Kier molecular flexibility index (Phi) is 4.29. The smallest absolute Gasteiger partial charge is 0.253 e. The number of nitrogens with one attached hydrogen (secondary N) is 1. The van der Waals surface area contributed by atoms with Gasteiger partial charge in [-0.15, -0.1) is 0 Å². The molecule has 2 amide bonds. The van der Waals surface area contributed by atoms with Crippen LogP contribution in [0.4, 0.5) is 11.4 Å². The zero-order valence-corrected chi connectivity index (χ0v) is 13.4. The summed E-state index contributed by atoms with van der Waals surface area (Å²) in [6.45, 7) is 3.20. The number of nitrogens with zero attached hydrogens (tertiary/aromatic N) is 2. The number of hydrogen-bond donors (Lipinski definition) is 1. The minimum atomic E-state index is -0.257. The molecule has 1 heterocycles. The molecule has 0 aliphatic carbocycles. The molecular weight excluding hydrogens is 306 g/mol. The highest BCUT2D eigenvalue weighted by molar-refractivity contribution is 6.14. The van der Waals surface area contributed by atoms with Crippen molar-refractivity contribution in [3.05, 3.63) is 48.5 Å². The Labute approximate surface area is 139 Å². The number of carbonyl (C=O) groups is 2. The Hall–Kier alpha value is -3.15. The first-order valence-corrected chi connectivity index (χ1v) is 7.55. The van der Waals surface area contributed by atoms with E-state index in [1.807, 2.05) is 30.3 Å². The molecule has 1 aliphatic heterocycles. The van der Waals surface area contributed by atoms with E-state index in [9.17, 15) is 9.59 Å². The molecule has 6 nitrogen and oxygen atoms in total. The van der Waals surface area contributed by atoms with Gasteiger partial charge in [0.25, 0.3) is 5.91 Å². The lowest BCUT2D eigenvalue weighted by Gasteiger charge is -2.19. The van der Waals surface area contributed by atoms with E-state index in [1.165, 1.54) is 11.9 Å². The number of hydrogen-bond acceptors (Lipinski definition) is 4. The van der Waals surface area contributed by atoms with E-state index in [1.54, 1.807) is 25.1 Å². The molecule has 0 fully saturated rings. The van der Waals surface area contributed by atoms with Gasteiger partial charge in [-0.2, -0.15) is 10.1 Å². The van der Waals surface area contributed by atoms with Crippen LogP contribution in [0.3, 0.4) is 0 Å². The van der Waals surface area contributed by atoms with Gasteiger partial charge in [0.1, 0.15) is 11.4 Å². The summed E-state index contributed by atoms with van der Waals surface area (Å²) in [5.41, 5.74) is 1.63. The lowest BCUT2D eigenvalue weighted by molar-refractivity contribution is -0.117. The van der Waals surface area contributed by atoms with Crippen LogP contribution in [0.1, 0.15) is 20.3 Å². The van der Waals surface area contributed by atoms with Crippen molar-refractivity contribution in [1.29, 1.82) is 0 Å². The summed E-state index contributed by atoms with van der Waals surface area (Å²) < 4.78 is 5.87. The van der Waals surface area contributed by atoms with Gasteiger partial charge in [0.2, 0.25) is 5.91 Å². The van der Waals surface area contributed by atoms with Crippen molar-refractivity contribution >= 4 is 28.9 Å². The molecule has 0 saturated carbocycles. The molecule has 1 aliphatic rings. The average molecular weight is 323 g/mol. The first-order valence-electron chi connectivity index (χ1n) is 7.55. The number of hydrazone groups is 1. The molecular formula is C18H17N3O3. The lowest BCUT2D eigenvalue weighted by Crippen LogP contribution is -2.22. The molecule has 0 radical (unpaired) electrons. The number of carbonyl (C=O) groups excluding carboxylic acids is 2. The monoisotopic (exact) mass is 323 g/mol. The molecule has 2 aromatic carbocycles. The first kappa shape index (κ1) is 15.7. The molecule has 2 aromatic rings. The van der Waals surface area contributed by atoms with Gasteiger partial charge in [0.15, 0.2) is 5.75 Å². The summed E-state index contributed by atoms with van der Waals surface area (Å²) in [6.07, 6.45) is 0.267. The van der Waals surface area contributed by atoms with Gasteiger partial charge >= 0.3 is 0 Å². The van der Waals surface area contributed by atoms with Crippen molar-refractivity contribution in [1.82, 2.24) is 0 Å². The van der Waals surface area contributed by atoms with Crippen LogP contribution in [0, 0.1) is 0 Å². The highest BCUT2D eigenvalue weighted by Gasteiger charge is 2.26. The maximum atomic E-state index is 12.2. The predicted molar refractivity (Wildman–Crippen MR) is 92.5 cm³/mol. The van der Waals surface area contributed by atoms with Crippen molar-refractivity contribution in [2.75, 3.05) is 10.3 Å². The quantitative estimate of drug-likeness (QED) is 0.935. The topological polar surface area (TPSA) is 71.0 Å². The number of rotatable bonds is 4. The van der Waals surface area contributed by atoms with E-state index in [0.29, 0.717) is 22.9 Å². The van der Waals surface area contributed by atoms with E-state index in [2.05, 4.69) is 10.4 Å². The predicted octanol–water partition coefficient (Wildman–Crippen LogP) is 3.55. The number of ether oxygens (including phenoxy) is 1. The van der Waals surface area contributed by atoms with Gasteiger partial charge in [0, 0.05) is 12.6 Å². The molecule has 0 spiro atoms. The average Bonchev–Trinajstić information content (AvgIpc) is 2.88. The van der Waals surface area contributed by atoms with Crippen LogP contribution < -0.4 is 15.1 Å². The normalized spacial score (nSPS) is 13.7. The zero-order valence-electron chi connectivity index (χ0n) is 13.4. The fourth-order valence-electron chi connectivity index (χ4n) is 2.44. The second-order valence-corrected chi connectivity index (χ2v) is 5.46. The van der Waals surface area contributed by atoms with E-state index >= 15 is 0 Å². The Morgan fingerprint density at radius 3 is 2.54 bits per heavy atom. The summed E-state index contributed by atoms with van der Waals surface area (Å²) in [5, 5.41) is 8.30. The van der Waals surface area contributed by atoms with Crippen molar-refractivity contribution in [3.63, 3.8) is 0 Å². The molecule has 122 valence electrons. The highest BCUT2D eigenvalue weighted by Crippen LogP contribution is 2.39. The van der Waals surface area contributed by atoms with Crippen LogP contribution in [-0.4, -0.2) is 17.5 Å². The van der Waals surface area contributed by atoms with E-state index < -0.39 is 0 Å². The molecule has 1 N–H and O–H groups in total. The number of benzene rings is 2. The minimum absolute atomic E-state index is 0.143. The Morgan fingerprint density at radius 2 is 1.92 bits per heavy atom. The molecule has 3 rings (SSSR count). The number of para-hydroxylation sites is 2. The van der Waals surface area contributed by atoms with Crippen LogP contribution in [0.25, 0.3) is 0 Å². The van der Waals surface area contributed by atoms with Crippen molar-refractivity contribution in [3.8, 4) is 11.5 Å². The van der Waals surface area contributed by atoms with Gasteiger partial charge in [-0.1, -0.05) is 24.3 Å². The van der Waals surface area contributed by atoms with Crippen LogP contribution in [0.5, 0.6) is 11.5 Å². The summed E-state index contributed by atoms with van der Waals surface area (Å²) in [7, 11) is 0.